The first-order chi connectivity index (χ1) is 15.2. The Hall–Kier alpha value is -2.33. The Morgan fingerprint density at radius 3 is 2.38 bits per heavy atom. The number of carbonyl (C=O) groups excluding carboxylic acids is 1. The number of hydrogen-bond acceptors (Lipinski definition) is 7. The van der Waals surface area contributed by atoms with Crippen molar-refractivity contribution in [1.82, 2.24) is 9.88 Å². The molecule has 0 N–H and O–H groups in total. The number of aromatic nitrogens is 1. The standard InChI is InChI=1S/C23H27N3O4S2/c1-16-4-5-17(2)21-20(16)24-23(31-21)26(11-10-25-12-14-30-15-13-25)22(27)18-6-8-19(9-7-18)32(3,28)29/h4-9H,10-15H2,1-3H3. The van der Waals surface area contributed by atoms with Crippen LogP contribution in [0, 0.1) is 13.8 Å². The number of amides is 1. The molecule has 1 amide bonds. The van der Waals surface area contributed by atoms with Gasteiger partial charge in [0.25, 0.3) is 5.91 Å². The van der Waals surface area contributed by atoms with Gasteiger partial charge in [-0.2, -0.15) is 0 Å². The molecule has 1 fully saturated rings. The van der Waals surface area contributed by atoms with E-state index >= 15 is 0 Å². The van der Waals surface area contributed by atoms with E-state index < -0.39 is 9.84 Å². The fourth-order valence-electron chi connectivity index (χ4n) is 3.71. The molecular weight excluding hydrogens is 446 g/mol. The summed E-state index contributed by atoms with van der Waals surface area (Å²) < 4.78 is 30.1. The van der Waals surface area contributed by atoms with E-state index in [-0.39, 0.29) is 10.8 Å². The van der Waals surface area contributed by atoms with Gasteiger partial charge in [-0.15, -0.1) is 0 Å². The highest BCUT2D eigenvalue weighted by Crippen LogP contribution is 2.33. The maximum atomic E-state index is 13.5. The van der Waals surface area contributed by atoms with E-state index in [1.165, 1.54) is 23.5 Å². The molecule has 1 aromatic heterocycles. The van der Waals surface area contributed by atoms with Crippen molar-refractivity contribution in [2.24, 2.45) is 0 Å². The molecule has 7 nitrogen and oxygen atoms in total. The first kappa shape index (κ1) is 22.8. The molecule has 1 aliphatic heterocycles. The van der Waals surface area contributed by atoms with Gasteiger partial charge in [-0.1, -0.05) is 23.5 Å². The maximum absolute atomic E-state index is 13.5. The van der Waals surface area contributed by atoms with Crippen LogP contribution < -0.4 is 4.90 Å². The normalized spacial score (nSPS) is 15.2. The molecule has 1 aliphatic rings. The van der Waals surface area contributed by atoms with Gasteiger partial charge in [-0.25, -0.2) is 13.4 Å². The lowest BCUT2D eigenvalue weighted by atomic mass is 10.1. The first-order valence-corrected chi connectivity index (χ1v) is 13.2. The van der Waals surface area contributed by atoms with Crippen molar-refractivity contribution in [2.75, 3.05) is 50.5 Å². The second-order valence-corrected chi connectivity index (χ2v) is 11.1. The van der Waals surface area contributed by atoms with Crippen molar-refractivity contribution in [3.8, 4) is 0 Å². The third-order valence-corrected chi connectivity index (χ3v) is 8.02. The topological polar surface area (TPSA) is 79.8 Å². The van der Waals surface area contributed by atoms with Crippen LogP contribution in [0.15, 0.2) is 41.3 Å². The summed E-state index contributed by atoms with van der Waals surface area (Å²) in [6, 6.07) is 10.2. The number of anilines is 1. The summed E-state index contributed by atoms with van der Waals surface area (Å²) in [5.74, 6) is -0.187. The summed E-state index contributed by atoms with van der Waals surface area (Å²) in [6.45, 7) is 8.34. The summed E-state index contributed by atoms with van der Waals surface area (Å²) in [6.07, 6.45) is 1.16. The van der Waals surface area contributed by atoms with Gasteiger partial charge < -0.3 is 4.74 Å². The highest BCUT2D eigenvalue weighted by atomic mass is 32.2. The summed E-state index contributed by atoms with van der Waals surface area (Å²) in [4.78, 5) is 22.5. The van der Waals surface area contributed by atoms with E-state index in [0.29, 0.717) is 37.0 Å². The van der Waals surface area contributed by atoms with E-state index in [1.807, 2.05) is 19.9 Å². The molecule has 2 aromatic carbocycles. The third kappa shape index (κ3) is 4.85. The molecule has 4 rings (SSSR count). The Morgan fingerprint density at radius 2 is 1.75 bits per heavy atom. The number of aryl methyl sites for hydroxylation is 2. The SMILES string of the molecule is Cc1ccc(C)c2sc(N(CCN3CCOCC3)C(=O)c3ccc(S(C)(=O)=O)cc3)nc12. The first-order valence-electron chi connectivity index (χ1n) is 10.5. The Bertz CT molecular complexity index is 1190. The van der Waals surface area contributed by atoms with Gasteiger partial charge in [0.05, 0.1) is 28.3 Å². The number of sulfone groups is 1. The largest absolute Gasteiger partial charge is 0.379 e. The minimum atomic E-state index is -3.32. The molecule has 0 saturated carbocycles. The van der Waals surface area contributed by atoms with Crippen LogP contribution in [0.25, 0.3) is 10.2 Å². The minimum Gasteiger partial charge on any atom is -0.379 e. The molecule has 0 spiro atoms. The van der Waals surface area contributed by atoms with Crippen molar-refractivity contribution < 1.29 is 17.9 Å². The zero-order chi connectivity index (χ0) is 22.9. The van der Waals surface area contributed by atoms with Gasteiger partial charge >= 0.3 is 0 Å². The van der Waals surface area contributed by atoms with Crippen LogP contribution in [-0.2, 0) is 14.6 Å². The predicted molar refractivity (Wildman–Crippen MR) is 128 cm³/mol. The second-order valence-electron chi connectivity index (χ2n) is 8.08. The summed E-state index contributed by atoms with van der Waals surface area (Å²) in [5, 5.41) is 0.655. The van der Waals surface area contributed by atoms with Crippen LogP contribution in [0.2, 0.25) is 0 Å². The lowest BCUT2D eigenvalue weighted by Crippen LogP contribution is -2.43. The molecule has 3 aromatic rings. The minimum absolute atomic E-state index is 0.187. The van der Waals surface area contributed by atoms with E-state index in [0.717, 1.165) is 40.7 Å². The van der Waals surface area contributed by atoms with Crippen LogP contribution in [0.3, 0.4) is 0 Å². The van der Waals surface area contributed by atoms with Crippen LogP contribution in [-0.4, -0.2) is 69.9 Å². The Labute approximate surface area is 192 Å². The van der Waals surface area contributed by atoms with E-state index in [1.54, 1.807) is 17.0 Å². The maximum Gasteiger partial charge on any atom is 0.260 e. The average Bonchev–Trinajstić information content (AvgIpc) is 3.23. The number of morpholine rings is 1. The Morgan fingerprint density at radius 1 is 1.09 bits per heavy atom. The quantitative estimate of drug-likeness (QED) is 0.547. The fourth-order valence-corrected chi connectivity index (χ4v) is 5.48. The molecular formula is C23H27N3O4S2. The van der Waals surface area contributed by atoms with Crippen LogP contribution in [0.5, 0.6) is 0 Å². The molecule has 170 valence electrons. The van der Waals surface area contributed by atoms with E-state index in [9.17, 15) is 13.2 Å². The summed E-state index contributed by atoms with van der Waals surface area (Å²) in [5.41, 5.74) is 3.56. The number of nitrogens with zero attached hydrogens (tertiary/aromatic N) is 3. The molecule has 0 atom stereocenters. The van der Waals surface area contributed by atoms with Crippen molar-refractivity contribution in [1.29, 1.82) is 0 Å². The molecule has 0 unspecified atom stereocenters. The summed E-state index contributed by atoms with van der Waals surface area (Å²) >= 11 is 1.52. The van der Waals surface area contributed by atoms with Crippen LogP contribution in [0.1, 0.15) is 21.5 Å². The highest BCUT2D eigenvalue weighted by Gasteiger charge is 2.24. The monoisotopic (exact) mass is 473 g/mol. The van der Waals surface area contributed by atoms with Gasteiger partial charge in [-0.3, -0.25) is 14.6 Å². The lowest BCUT2D eigenvalue weighted by Gasteiger charge is -2.29. The predicted octanol–water partition coefficient (Wildman–Crippen LogP) is 3.30. The van der Waals surface area contributed by atoms with Gasteiger partial charge in [0, 0.05) is 38.0 Å². The number of ether oxygens (including phenoxy) is 1. The summed E-state index contributed by atoms with van der Waals surface area (Å²) in [7, 11) is -3.32. The Balaban J connectivity index is 1.67. The smallest absolute Gasteiger partial charge is 0.260 e. The third-order valence-electron chi connectivity index (χ3n) is 5.68. The van der Waals surface area contributed by atoms with Crippen molar-refractivity contribution >= 4 is 42.4 Å². The lowest BCUT2D eigenvalue weighted by molar-refractivity contribution is 0.0391. The second kappa shape index (κ2) is 9.27. The Kier molecular flexibility index (Phi) is 6.62. The van der Waals surface area contributed by atoms with Crippen LogP contribution >= 0.6 is 11.3 Å². The number of carbonyl (C=O) groups is 1. The van der Waals surface area contributed by atoms with Crippen molar-refractivity contribution in [3.05, 3.63) is 53.1 Å². The van der Waals surface area contributed by atoms with Gasteiger partial charge in [0.2, 0.25) is 0 Å². The molecule has 1 saturated heterocycles. The van der Waals surface area contributed by atoms with E-state index in [4.69, 9.17) is 9.72 Å². The van der Waals surface area contributed by atoms with E-state index in [2.05, 4.69) is 11.0 Å². The fraction of sp³-hybridized carbons (Fsp3) is 0.391. The van der Waals surface area contributed by atoms with Crippen molar-refractivity contribution in [3.63, 3.8) is 0 Å². The molecule has 0 aliphatic carbocycles. The zero-order valence-electron chi connectivity index (χ0n) is 18.5. The van der Waals surface area contributed by atoms with Gasteiger partial charge in [0.15, 0.2) is 15.0 Å². The van der Waals surface area contributed by atoms with Crippen molar-refractivity contribution in [2.45, 2.75) is 18.7 Å². The number of rotatable bonds is 6. The highest BCUT2D eigenvalue weighted by molar-refractivity contribution is 7.90. The molecule has 2 heterocycles. The van der Waals surface area contributed by atoms with Gasteiger partial charge in [0.1, 0.15) is 0 Å². The van der Waals surface area contributed by atoms with Gasteiger partial charge in [-0.05, 0) is 49.2 Å². The molecule has 0 bridgehead atoms. The molecule has 32 heavy (non-hydrogen) atoms. The number of thiazole rings is 1. The molecule has 9 heteroatoms. The number of fused-ring (bicyclic) bond motifs is 1. The zero-order valence-corrected chi connectivity index (χ0v) is 20.1. The number of hydrogen-bond donors (Lipinski definition) is 0. The van der Waals surface area contributed by atoms with Crippen LogP contribution in [0.4, 0.5) is 5.13 Å². The molecule has 0 radical (unpaired) electrons. The average molecular weight is 474 g/mol. The number of benzene rings is 2.